The highest BCUT2D eigenvalue weighted by Crippen LogP contribution is 2.65. The molecule has 0 atom stereocenters. The van der Waals surface area contributed by atoms with Crippen LogP contribution < -0.4 is 4.90 Å². The minimum absolute atomic E-state index is 0.121. The molecule has 1 nitrogen and oxygen atoms in total. The van der Waals surface area contributed by atoms with Gasteiger partial charge in [-0.15, -0.1) is 0 Å². The number of benzene rings is 10. The van der Waals surface area contributed by atoms with Crippen LogP contribution in [0.2, 0.25) is 0 Å². The first-order valence-corrected chi connectivity index (χ1v) is 22.3. The van der Waals surface area contributed by atoms with Crippen molar-refractivity contribution in [2.45, 2.75) is 5.41 Å². The fourth-order valence-corrected chi connectivity index (χ4v) is 10.7. The third-order valence-corrected chi connectivity index (χ3v) is 13.6. The summed E-state index contributed by atoms with van der Waals surface area (Å²) in [6.45, 7) is -1.05. The van der Waals surface area contributed by atoms with Crippen LogP contribution in [-0.4, -0.2) is 0 Å². The van der Waals surface area contributed by atoms with Crippen LogP contribution in [0.1, 0.15) is 41.6 Å². The second kappa shape index (κ2) is 15.9. The Labute approximate surface area is 396 Å². The Balaban J connectivity index is 1.15. The zero-order valence-electron chi connectivity index (χ0n) is 42.0. The second-order valence-corrected chi connectivity index (χ2v) is 17.0. The average molecular weight is 846 g/mol. The maximum absolute atomic E-state index is 8.31. The van der Waals surface area contributed by atoms with E-state index in [9.17, 15) is 0 Å². The van der Waals surface area contributed by atoms with Gasteiger partial charge in [0, 0.05) is 16.7 Å². The summed E-state index contributed by atoms with van der Waals surface area (Å²) in [7, 11) is 0. The van der Waals surface area contributed by atoms with E-state index < -0.39 is 18.5 Å². The highest BCUT2D eigenvalue weighted by Gasteiger charge is 2.52. The summed E-state index contributed by atoms with van der Waals surface area (Å²) >= 11 is 0. The lowest BCUT2D eigenvalue weighted by Crippen LogP contribution is -2.26. The van der Waals surface area contributed by atoms with Gasteiger partial charge < -0.3 is 4.90 Å². The van der Waals surface area contributed by atoms with Crippen molar-refractivity contribution in [1.29, 1.82) is 0 Å². The van der Waals surface area contributed by atoms with Gasteiger partial charge in [-0.1, -0.05) is 231 Å². The Morgan fingerprint density at radius 2 is 0.742 bits per heavy atom. The molecule has 10 aromatic carbocycles. The molecule has 0 radical (unpaired) electrons. The van der Waals surface area contributed by atoms with Gasteiger partial charge in [0.1, 0.15) is 0 Å². The van der Waals surface area contributed by atoms with Crippen molar-refractivity contribution in [3.05, 3.63) is 283 Å². The molecule has 0 saturated heterocycles. The maximum Gasteiger partial charge on any atom is 0.0726 e. The minimum Gasteiger partial charge on any atom is -0.309 e. The van der Waals surface area contributed by atoms with Crippen molar-refractivity contribution in [3.63, 3.8) is 0 Å². The SMILES string of the molecule is [2H]C([2H])=C([2H])c1ccc(-c2ccc(N(c3ccc(-c4ccc(C([2H])=C([2H])[2H])cc4)cc3-c3ccccc3)c3cccc4c3-c3ccccc3C43c4ccccc4-c4ccccc43)c(-c3ccccc3)c2)cc1. The first-order valence-electron chi connectivity index (χ1n) is 25.3. The molecule has 0 saturated carbocycles. The molecule has 0 heterocycles. The van der Waals surface area contributed by atoms with Gasteiger partial charge >= 0.3 is 0 Å². The Morgan fingerprint density at radius 1 is 0.333 bits per heavy atom. The van der Waals surface area contributed by atoms with Crippen LogP contribution >= 0.6 is 0 Å². The Hall–Kier alpha value is -8.52. The third-order valence-electron chi connectivity index (χ3n) is 13.6. The molecule has 1 spiro atoms. The molecule has 2 aliphatic carbocycles. The van der Waals surface area contributed by atoms with Crippen molar-refractivity contribution < 1.29 is 8.22 Å². The number of hydrogen-bond donors (Lipinski definition) is 0. The summed E-state index contributed by atoms with van der Waals surface area (Å²) in [6.07, 6.45) is 0. The standard InChI is InChI=1S/C65H45N/c1-3-44-30-34-46(35-31-44)50-38-40-61(55(42-50)48-18-7-5-8-19-48)66(62-41-39-51(47-36-32-45(4-2)33-37-47)43-56(62)49-20-9-6-10-21-49)63-29-17-28-60-64(63)54-24-13-16-27-59(54)65(60)57-25-14-11-22-52(57)53-23-12-15-26-58(53)65/h3-43H,1-2H2/i1D2,2D2,3D,4D. The van der Waals surface area contributed by atoms with E-state index in [4.69, 9.17) is 8.22 Å². The summed E-state index contributed by atoms with van der Waals surface area (Å²) in [5.41, 5.74) is 21.2. The molecular weight excluding hydrogens is 795 g/mol. The molecule has 0 bridgehead atoms. The van der Waals surface area contributed by atoms with E-state index in [1.807, 2.05) is 60.7 Å². The predicted molar refractivity (Wildman–Crippen MR) is 279 cm³/mol. The molecule has 0 N–H and O–H groups in total. The van der Waals surface area contributed by atoms with Gasteiger partial charge in [0.05, 0.1) is 30.7 Å². The van der Waals surface area contributed by atoms with Gasteiger partial charge in [0.2, 0.25) is 0 Å². The van der Waals surface area contributed by atoms with Crippen LogP contribution in [0.5, 0.6) is 0 Å². The minimum atomic E-state index is -0.569. The van der Waals surface area contributed by atoms with Crippen LogP contribution in [0.4, 0.5) is 17.1 Å². The van der Waals surface area contributed by atoms with Gasteiger partial charge in [-0.3, -0.25) is 0 Å². The molecule has 12 rings (SSSR count). The quantitative estimate of drug-likeness (QED) is 0.140. The zero-order valence-corrected chi connectivity index (χ0v) is 36.0. The number of fused-ring (bicyclic) bond motifs is 10. The van der Waals surface area contributed by atoms with Gasteiger partial charge in [-0.05, 0) is 114 Å². The number of anilines is 3. The van der Waals surface area contributed by atoms with Crippen LogP contribution in [0.25, 0.3) is 78.9 Å². The lowest BCUT2D eigenvalue weighted by atomic mass is 9.70. The lowest BCUT2D eigenvalue weighted by Gasteiger charge is -2.33. The summed E-state index contributed by atoms with van der Waals surface area (Å²) < 4.78 is 47.7. The van der Waals surface area contributed by atoms with E-state index in [1.54, 1.807) is 0 Å². The Kier molecular flexibility index (Phi) is 7.98. The van der Waals surface area contributed by atoms with Crippen molar-refractivity contribution in [1.82, 2.24) is 0 Å². The fourth-order valence-electron chi connectivity index (χ4n) is 10.7. The first kappa shape index (κ1) is 33.1. The molecule has 310 valence electrons. The summed E-state index contributed by atoms with van der Waals surface area (Å²) in [5, 5.41) is 0. The van der Waals surface area contributed by atoms with Gasteiger partial charge in [0.25, 0.3) is 0 Å². The first-order chi connectivity index (χ1) is 35.2. The van der Waals surface area contributed by atoms with Crippen LogP contribution in [0, 0.1) is 0 Å². The van der Waals surface area contributed by atoms with Crippen molar-refractivity contribution >= 4 is 29.2 Å². The van der Waals surface area contributed by atoms with Crippen LogP contribution in [0.15, 0.2) is 250 Å². The van der Waals surface area contributed by atoms with E-state index in [0.717, 1.165) is 67.1 Å². The number of hydrogen-bond acceptors (Lipinski definition) is 1. The predicted octanol–water partition coefficient (Wildman–Crippen LogP) is 17.5. The Morgan fingerprint density at radius 3 is 1.23 bits per heavy atom. The summed E-state index contributed by atoms with van der Waals surface area (Å²) in [5.74, 6) is 0. The monoisotopic (exact) mass is 845 g/mol. The zero-order chi connectivity index (χ0) is 49.1. The maximum atomic E-state index is 8.31. The van der Waals surface area contributed by atoms with Gasteiger partial charge in [-0.2, -0.15) is 0 Å². The highest BCUT2D eigenvalue weighted by atomic mass is 15.2. The van der Waals surface area contributed by atoms with Crippen molar-refractivity contribution in [2.24, 2.45) is 0 Å². The topological polar surface area (TPSA) is 3.24 Å². The van der Waals surface area contributed by atoms with Crippen LogP contribution in [0.3, 0.4) is 0 Å². The molecule has 1 heteroatoms. The third kappa shape index (κ3) is 6.09. The van der Waals surface area contributed by atoms with Gasteiger partial charge in [0.15, 0.2) is 0 Å². The molecule has 0 aliphatic heterocycles. The molecule has 0 unspecified atom stereocenters. The van der Waals surface area contributed by atoms with Crippen molar-refractivity contribution in [2.75, 3.05) is 4.90 Å². The molecule has 66 heavy (non-hydrogen) atoms. The van der Waals surface area contributed by atoms with E-state index >= 15 is 0 Å². The number of rotatable bonds is 9. The average Bonchev–Trinajstić information content (AvgIpc) is 3.91. The second-order valence-electron chi connectivity index (χ2n) is 17.0. The van der Waals surface area contributed by atoms with E-state index in [-0.39, 0.29) is 12.1 Å². The molecule has 2 aliphatic rings. The number of nitrogens with zero attached hydrogens (tertiary/aromatic N) is 1. The molecule has 0 fully saturated rings. The molecule has 0 amide bonds. The summed E-state index contributed by atoms with van der Waals surface area (Å²) in [4.78, 5) is 2.45. The van der Waals surface area contributed by atoms with E-state index in [0.29, 0.717) is 11.1 Å². The molecule has 0 aromatic heterocycles. The fraction of sp³-hybridized carbons (Fsp3) is 0.0154. The lowest BCUT2D eigenvalue weighted by molar-refractivity contribution is 0.794. The van der Waals surface area contributed by atoms with Crippen LogP contribution in [-0.2, 0) is 5.41 Å². The largest absolute Gasteiger partial charge is 0.309 e. The van der Waals surface area contributed by atoms with E-state index in [2.05, 4.69) is 181 Å². The normalized spacial score (nSPS) is 13.6. The Bertz CT molecular complexity index is 3600. The molecular formula is C65H45N. The van der Waals surface area contributed by atoms with Crippen molar-refractivity contribution in [3.8, 4) is 66.8 Å². The van der Waals surface area contributed by atoms with Gasteiger partial charge in [-0.25, -0.2) is 0 Å². The summed E-state index contributed by atoms with van der Waals surface area (Å²) in [6, 6.07) is 82.7. The highest BCUT2D eigenvalue weighted by molar-refractivity contribution is 6.04. The molecule has 10 aromatic rings. The van der Waals surface area contributed by atoms with E-state index in [1.165, 1.54) is 38.9 Å². The smallest absolute Gasteiger partial charge is 0.0726 e.